The normalized spacial score (nSPS) is 14.8. The van der Waals surface area contributed by atoms with Crippen molar-refractivity contribution in [2.75, 3.05) is 0 Å². The van der Waals surface area contributed by atoms with Crippen molar-refractivity contribution in [1.29, 1.82) is 0 Å². The van der Waals surface area contributed by atoms with Crippen LogP contribution < -0.4 is 5.56 Å². The average Bonchev–Trinajstić information content (AvgIpc) is 2.34. The van der Waals surface area contributed by atoms with Gasteiger partial charge < -0.3 is 14.4 Å². The molecule has 1 aromatic heterocycles. The van der Waals surface area contributed by atoms with Gasteiger partial charge in [0.05, 0.1) is 11.7 Å². The van der Waals surface area contributed by atoms with E-state index in [1.165, 1.54) is 0 Å². The van der Waals surface area contributed by atoms with Gasteiger partial charge in [-0.25, -0.2) is 0 Å². The molecule has 0 saturated heterocycles. The summed E-state index contributed by atoms with van der Waals surface area (Å²) in [5.74, 6) is 0. The zero-order valence-electron chi connectivity index (χ0n) is 10.2. The highest BCUT2D eigenvalue weighted by molar-refractivity contribution is 7.50. The van der Waals surface area contributed by atoms with E-state index in [0.717, 1.165) is 29.3 Å². The lowest BCUT2D eigenvalue weighted by atomic mass is 10.0. The fraction of sp³-hybridized carbons (Fsp3) is 0.308. The summed E-state index contributed by atoms with van der Waals surface area (Å²) in [6.07, 6.45) is 1.33. The van der Waals surface area contributed by atoms with Gasteiger partial charge in [-0.3, -0.25) is 9.36 Å². The highest BCUT2D eigenvalue weighted by Crippen LogP contribution is 2.38. The molecule has 0 fully saturated rings. The molecule has 0 unspecified atom stereocenters. The molecular weight excluding hydrogens is 265 g/mol. The van der Waals surface area contributed by atoms with Crippen molar-refractivity contribution in [3.8, 4) is 0 Å². The second-order valence-corrected chi connectivity index (χ2v) is 6.55. The molecule has 1 aliphatic rings. The highest BCUT2D eigenvalue weighted by Gasteiger charge is 2.21. The zero-order chi connectivity index (χ0) is 13.6. The molecule has 0 radical (unpaired) electrons. The fourth-order valence-electron chi connectivity index (χ4n) is 2.76. The lowest BCUT2D eigenvalue weighted by Crippen LogP contribution is -2.27. The van der Waals surface area contributed by atoms with E-state index < -0.39 is 13.8 Å². The van der Waals surface area contributed by atoms with E-state index in [-0.39, 0.29) is 11.1 Å². The first-order valence-electron chi connectivity index (χ1n) is 6.14. The molecule has 1 aliphatic heterocycles. The van der Waals surface area contributed by atoms with Gasteiger partial charge in [0.2, 0.25) is 0 Å². The second kappa shape index (κ2) is 4.30. The number of aromatic nitrogens is 1. The number of nitrogens with zero attached hydrogens (tertiary/aromatic N) is 1. The molecule has 19 heavy (non-hydrogen) atoms. The average molecular weight is 279 g/mol. The van der Waals surface area contributed by atoms with Crippen LogP contribution in [0.1, 0.15) is 17.5 Å². The Kier molecular flexibility index (Phi) is 2.86. The molecule has 0 aliphatic carbocycles. The maximum atomic E-state index is 12.3. The maximum Gasteiger partial charge on any atom is 0.330 e. The minimum absolute atomic E-state index is 0.194. The molecule has 2 heterocycles. The van der Waals surface area contributed by atoms with Crippen LogP contribution in [0.2, 0.25) is 0 Å². The number of hydrogen-bond donors (Lipinski definition) is 2. The monoisotopic (exact) mass is 279 g/mol. The predicted octanol–water partition coefficient (Wildman–Crippen LogP) is 1.63. The zero-order valence-corrected chi connectivity index (χ0v) is 11.1. The molecule has 3 rings (SSSR count). The molecule has 1 aromatic carbocycles. The van der Waals surface area contributed by atoms with Crippen LogP contribution in [-0.4, -0.2) is 14.4 Å². The van der Waals surface area contributed by atoms with E-state index in [0.29, 0.717) is 6.54 Å². The third kappa shape index (κ3) is 2.25. The summed E-state index contributed by atoms with van der Waals surface area (Å²) >= 11 is 0. The lowest BCUT2D eigenvalue weighted by molar-refractivity contribution is 0.371. The van der Waals surface area contributed by atoms with Crippen LogP contribution in [0.5, 0.6) is 0 Å². The summed E-state index contributed by atoms with van der Waals surface area (Å²) in [5.41, 5.74) is 1.96. The highest BCUT2D eigenvalue weighted by atomic mass is 31.2. The summed E-state index contributed by atoms with van der Waals surface area (Å²) in [6.45, 7) is 0.612. The Bertz CT molecular complexity index is 759. The smallest absolute Gasteiger partial charge is 0.324 e. The molecule has 2 aromatic rings. The molecule has 6 heteroatoms. The topological polar surface area (TPSA) is 79.5 Å². The second-order valence-electron chi connectivity index (χ2n) is 4.91. The van der Waals surface area contributed by atoms with Crippen molar-refractivity contribution >= 4 is 18.5 Å². The van der Waals surface area contributed by atoms with Gasteiger partial charge in [-0.2, -0.15) is 0 Å². The maximum absolute atomic E-state index is 12.3. The number of pyridine rings is 1. The van der Waals surface area contributed by atoms with Gasteiger partial charge in [-0.05, 0) is 29.9 Å². The van der Waals surface area contributed by atoms with Crippen molar-refractivity contribution in [3.05, 3.63) is 45.7 Å². The molecule has 0 saturated carbocycles. The van der Waals surface area contributed by atoms with Crippen LogP contribution in [0.15, 0.2) is 29.1 Å². The Morgan fingerprint density at radius 3 is 2.84 bits per heavy atom. The van der Waals surface area contributed by atoms with E-state index >= 15 is 0 Å². The first-order valence-corrected chi connectivity index (χ1v) is 7.94. The summed E-state index contributed by atoms with van der Waals surface area (Å²) in [5, 5.41) is 0.875. The standard InChI is InChI=1S/C13H14NO4P/c15-13-11(8-19(16,17)18)7-10-4-1-3-9-5-2-6-14(13)12(9)10/h1,3-4,7H,2,5-6,8H2,(H2,16,17,18). The number of hydrogen-bond acceptors (Lipinski definition) is 2. The molecule has 0 atom stereocenters. The van der Waals surface area contributed by atoms with Gasteiger partial charge in [0.25, 0.3) is 5.56 Å². The Morgan fingerprint density at radius 2 is 2.11 bits per heavy atom. The van der Waals surface area contributed by atoms with Gasteiger partial charge >= 0.3 is 7.60 Å². The van der Waals surface area contributed by atoms with Crippen LogP contribution in [0, 0.1) is 0 Å². The van der Waals surface area contributed by atoms with E-state index in [9.17, 15) is 9.36 Å². The first kappa shape index (κ1) is 12.6. The molecular formula is C13H14NO4P. The first-order chi connectivity index (χ1) is 8.96. The lowest BCUT2D eigenvalue weighted by Gasteiger charge is -2.20. The van der Waals surface area contributed by atoms with Gasteiger partial charge in [-0.1, -0.05) is 18.2 Å². The number of aryl methyl sites for hydroxylation is 2. The van der Waals surface area contributed by atoms with E-state index in [4.69, 9.17) is 9.79 Å². The number of rotatable bonds is 2. The predicted molar refractivity (Wildman–Crippen MR) is 72.3 cm³/mol. The van der Waals surface area contributed by atoms with Crippen LogP contribution in [0.3, 0.4) is 0 Å². The van der Waals surface area contributed by atoms with Gasteiger partial charge in [-0.15, -0.1) is 0 Å². The van der Waals surface area contributed by atoms with Crippen LogP contribution in [-0.2, 0) is 23.7 Å². The van der Waals surface area contributed by atoms with Gasteiger partial charge in [0.1, 0.15) is 0 Å². The van der Waals surface area contributed by atoms with Crippen LogP contribution in [0.4, 0.5) is 0 Å². The molecule has 100 valence electrons. The van der Waals surface area contributed by atoms with Crippen molar-refractivity contribution in [2.45, 2.75) is 25.5 Å². The number of benzene rings is 1. The van der Waals surface area contributed by atoms with Crippen LogP contribution >= 0.6 is 7.60 Å². The van der Waals surface area contributed by atoms with Crippen molar-refractivity contribution < 1.29 is 14.4 Å². The van der Waals surface area contributed by atoms with Gasteiger partial charge in [0, 0.05) is 12.1 Å². The van der Waals surface area contributed by atoms with E-state index in [1.54, 1.807) is 10.6 Å². The van der Waals surface area contributed by atoms with E-state index in [2.05, 4.69) is 0 Å². The van der Waals surface area contributed by atoms with Gasteiger partial charge in [0.15, 0.2) is 0 Å². The third-order valence-electron chi connectivity index (χ3n) is 3.47. The molecule has 0 bridgehead atoms. The quantitative estimate of drug-likeness (QED) is 0.819. The Balaban J connectivity index is 2.31. The largest absolute Gasteiger partial charge is 0.330 e. The summed E-state index contributed by atoms with van der Waals surface area (Å²) < 4.78 is 12.8. The molecule has 0 spiro atoms. The third-order valence-corrected chi connectivity index (χ3v) is 4.23. The minimum Gasteiger partial charge on any atom is -0.324 e. The fourth-order valence-corrected chi connectivity index (χ4v) is 3.43. The Morgan fingerprint density at radius 1 is 1.32 bits per heavy atom. The van der Waals surface area contributed by atoms with Crippen molar-refractivity contribution in [2.24, 2.45) is 0 Å². The molecule has 2 N–H and O–H groups in total. The van der Waals surface area contributed by atoms with Crippen molar-refractivity contribution in [3.63, 3.8) is 0 Å². The summed E-state index contributed by atoms with van der Waals surface area (Å²) in [6, 6.07) is 7.41. The SMILES string of the molecule is O=c1c(CP(=O)(O)O)cc2cccc3c2n1CCC3. The molecule has 0 amide bonds. The van der Waals surface area contributed by atoms with Crippen molar-refractivity contribution in [1.82, 2.24) is 4.57 Å². The Hall–Kier alpha value is -1.42. The summed E-state index contributed by atoms with van der Waals surface area (Å²) in [4.78, 5) is 30.4. The van der Waals surface area contributed by atoms with Crippen LogP contribution in [0.25, 0.3) is 10.9 Å². The summed E-state index contributed by atoms with van der Waals surface area (Å²) in [7, 11) is -4.23. The Labute approximate surface area is 109 Å². The van der Waals surface area contributed by atoms with E-state index in [1.807, 2.05) is 18.2 Å². The number of para-hydroxylation sites is 1. The minimum atomic E-state index is -4.23. The molecule has 5 nitrogen and oxygen atoms in total.